The Morgan fingerprint density at radius 2 is 1.70 bits per heavy atom. The molecule has 1 aromatic heterocycles. The summed E-state index contributed by atoms with van der Waals surface area (Å²) in [6, 6.07) is 6.57. The van der Waals surface area contributed by atoms with Crippen LogP contribution in [0.3, 0.4) is 0 Å². The molecule has 0 unspecified atom stereocenters. The number of aliphatic hydroxyl groups excluding tert-OH is 1. The molecule has 0 aliphatic carbocycles. The van der Waals surface area contributed by atoms with Crippen LogP contribution >= 0.6 is 0 Å². The van der Waals surface area contributed by atoms with Gasteiger partial charge in [-0.1, -0.05) is 38.1 Å². The van der Waals surface area contributed by atoms with Crippen molar-refractivity contribution in [3.63, 3.8) is 0 Å². The predicted octanol–water partition coefficient (Wildman–Crippen LogP) is 3.62. The van der Waals surface area contributed by atoms with Crippen molar-refractivity contribution in [3.05, 3.63) is 41.7 Å². The third-order valence-electron chi connectivity index (χ3n) is 2.56. The van der Waals surface area contributed by atoms with E-state index in [4.69, 9.17) is 5.11 Å². The van der Waals surface area contributed by atoms with Crippen LogP contribution < -0.4 is 0 Å². The first-order valence-corrected chi connectivity index (χ1v) is 6.22. The lowest BCUT2D eigenvalue weighted by Gasteiger charge is -2.02. The number of halogens is 3. The smallest absolute Gasteiger partial charge is 0.392 e. The summed E-state index contributed by atoms with van der Waals surface area (Å²) in [7, 11) is 1.51. The molecule has 1 N–H and O–H groups in total. The molecule has 2 rings (SSSR count). The van der Waals surface area contributed by atoms with E-state index in [2.05, 4.69) is 4.98 Å². The lowest BCUT2D eigenvalue weighted by Crippen LogP contribution is -2.04. The van der Waals surface area contributed by atoms with Crippen LogP contribution in [0.5, 0.6) is 0 Å². The highest BCUT2D eigenvalue weighted by atomic mass is 19.4. The van der Waals surface area contributed by atoms with Crippen LogP contribution in [0, 0.1) is 0 Å². The minimum atomic E-state index is -4.44. The molecule has 0 spiro atoms. The molecule has 0 amide bonds. The van der Waals surface area contributed by atoms with Gasteiger partial charge in [0.2, 0.25) is 0 Å². The van der Waals surface area contributed by atoms with Crippen molar-refractivity contribution in [3.8, 4) is 11.4 Å². The summed E-state index contributed by atoms with van der Waals surface area (Å²) in [6.45, 7) is 3.90. The van der Waals surface area contributed by atoms with E-state index in [0.29, 0.717) is 11.1 Å². The summed E-state index contributed by atoms with van der Waals surface area (Å²) in [4.78, 5) is 3.58. The lowest BCUT2D eigenvalue weighted by molar-refractivity contribution is -0.140. The number of aromatic nitrogens is 2. The van der Waals surface area contributed by atoms with Crippen LogP contribution in [0.4, 0.5) is 13.2 Å². The van der Waals surface area contributed by atoms with Gasteiger partial charge in [0.15, 0.2) is 5.69 Å². The van der Waals surface area contributed by atoms with Gasteiger partial charge in [-0.05, 0) is 5.56 Å². The van der Waals surface area contributed by atoms with Crippen molar-refractivity contribution in [1.29, 1.82) is 0 Å². The van der Waals surface area contributed by atoms with E-state index in [0.717, 1.165) is 6.20 Å². The number of alkyl halides is 3. The first-order valence-electron chi connectivity index (χ1n) is 6.22. The van der Waals surface area contributed by atoms with Gasteiger partial charge in [0.1, 0.15) is 5.82 Å². The van der Waals surface area contributed by atoms with E-state index < -0.39 is 11.9 Å². The summed E-state index contributed by atoms with van der Waals surface area (Å²) in [5, 5.41) is 8.89. The number of benzene rings is 1. The van der Waals surface area contributed by atoms with Crippen LogP contribution in [-0.4, -0.2) is 14.7 Å². The third kappa shape index (κ3) is 3.60. The average molecular weight is 286 g/mol. The topological polar surface area (TPSA) is 38.0 Å². The minimum absolute atomic E-state index is 0.103. The quantitative estimate of drug-likeness (QED) is 0.915. The Kier molecular flexibility index (Phi) is 5.33. The summed E-state index contributed by atoms with van der Waals surface area (Å²) in [6.07, 6.45) is -3.49. The van der Waals surface area contributed by atoms with E-state index in [-0.39, 0.29) is 12.4 Å². The first-order chi connectivity index (χ1) is 9.41. The predicted molar refractivity (Wildman–Crippen MR) is 70.9 cm³/mol. The second-order valence-electron chi connectivity index (χ2n) is 3.91. The second kappa shape index (κ2) is 6.56. The van der Waals surface area contributed by atoms with Gasteiger partial charge in [0.25, 0.3) is 0 Å². The van der Waals surface area contributed by atoms with Crippen molar-refractivity contribution in [2.24, 2.45) is 7.05 Å². The summed E-state index contributed by atoms with van der Waals surface area (Å²) < 4.78 is 38.9. The molecule has 6 heteroatoms. The zero-order valence-corrected chi connectivity index (χ0v) is 11.6. The number of nitrogens with zero attached hydrogens (tertiary/aromatic N) is 2. The Morgan fingerprint density at radius 1 is 1.15 bits per heavy atom. The molecule has 1 heterocycles. The lowest BCUT2D eigenvalue weighted by atomic mass is 10.1. The zero-order chi connectivity index (χ0) is 15.3. The number of hydrogen-bond donors (Lipinski definition) is 1. The van der Waals surface area contributed by atoms with Crippen LogP contribution in [0.25, 0.3) is 11.4 Å². The maximum atomic E-state index is 12.5. The van der Waals surface area contributed by atoms with E-state index in [1.165, 1.54) is 11.6 Å². The molecule has 20 heavy (non-hydrogen) atoms. The molecule has 0 bridgehead atoms. The van der Waals surface area contributed by atoms with Gasteiger partial charge in [0.05, 0.1) is 6.61 Å². The van der Waals surface area contributed by atoms with Crippen LogP contribution in [-0.2, 0) is 19.8 Å². The van der Waals surface area contributed by atoms with Crippen LogP contribution in [0.1, 0.15) is 25.1 Å². The number of rotatable bonds is 2. The van der Waals surface area contributed by atoms with Crippen LogP contribution in [0.15, 0.2) is 30.5 Å². The first kappa shape index (κ1) is 16.2. The standard InChI is InChI=1S/C12H11F3N2O.C2H6/c1-17-6-10(12(13,14)15)16-11(17)9-4-2-8(7-18)3-5-9;1-2/h2-6,18H,7H2,1H3;1-2H3. The fourth-order valence-corrected chi connectivity index (χ4v) is 1.63. The number of aryl methyl sites for hydroxylation is 1. The molecule has 0 radical (unpaired) electrons. The SMILES string of the molecule is CC.Cn1cc(C(F)(F)F)nc1-c1ccc(CO)cc1. The van der Waals surface area contributed by atoms with Gasteiger partial charge in [0, 0.05) is 18.8 Å². The molecular weight excluding hydrogens is 269 g/mol. The van der Waals surface area contributed by atoms with Crippen LogP contribution in [0.2, 0.25) is 0 Å². The average Bonchev–Trinajstić information content (AvgIpc) is 2.83. The Labute approximate surface area is 115 Å². The fourth-order valence-electron chi connectivity index (χ4n) is 1.63. The van der Waals surface area contributed by atoms with Gasteiger partial charge < -0.3 is 9.67 Å². The highest BCUT2D eigenvalue weighted by Gasteiger charge is 2.34. The van der Waals surface area contributed by atoms with Gasteiger partial charge in [-0.25, -0.2) is 4.98 Å². The molecule has 0 aliphatic heterocycles. The molecule has 0 saturated carbocycles. The maximum Gasteiger partial charge on any atom is 0.434 e. The van der Waals surface area contributed by atoms with Crippen molar-refractivity contribution in [1.82, 2.24) is 9.55 Å². The molecule has 2 aromatic rings. The Bertz CT molecular complexity index is 545. The van der Waals surface area contributed by atoms with Gasteiger partial charge in [-0.2, -0.15) is 13.2 Å². The Hall–Kier alpha value is -1.82. The highest BCUT2D eigenvalue weighted by Crippen LogP contribution is 2.30. The Balaban J connectivity index is 0.000000956. The van der Waals surface area contributed by atoms with Crippen molar-refractivity contribution >= 4 is 0 Å². The maximum absolute atomic E-state index is 12.5. The van der Waals surface area contributed by atoms with E-state index in [9.17, 15) is 13.2 Å². The van der Waals surface area contributed by atoms with Crippen molar-refractivity contribution in [2.45, 2.75) is 26.6 Å². The fraction of sp³-hybridized carbons (Fsp3) is 0.357. The van der Waals surface area contributed by atoms with E-state index in [1.54, 1.807) is 24.3 Å². The van der Waals surface area contributed by atoms with E-state index in [1.807, 2.05) is 13.8 Å². The van der Waals surface area contributed by atoms with Crippen molar-refractivity contribution < 1.29 is 18.3 Å². The minimum Gasteiger partial charge on any atom is -0.392 e. The molecule has 3 nitrogen and oxygen atoms in total. The largest absolute Gasteiger partial charge is 0.434 e. The second-order valence-corrected chi connectivity index (χ2v) is 3.91. The molecule has 110 valence electrons. The van der Waals surface area contributed by atoms with Crippen molar-refractivity contribution in [2.75, 3.05) is 0 Å². The molecule has 0 saturated heterocycles. The monoisotopic (exact) mass is 286 g/mol. The molecule has 0 atom stereocenters. The summed E-state index contributed by atoms with van der Waals surface area (Å²) in [5.74, 6) is 0.242. The molecular formula is C14H17F3N2O. The number of imidazole rings is 1. The molecule has 1 aromatic carbocycles. The van der Waals surface area contributed by atoms with Gasteiger partial charge in [-0.15, -0.1) is 0 Å². The third-order valence-corrected chi connectivity index (χ3v) is 2.56. The van der Waals surface area contributed by atoms with Gasteiger partial charge >= 0.3 is 6.18 Å². The molecule has 0 fully saturated rings. The summed E-state index contributed by atoms with van der Waals surface area (Å²) in [5.41, 5.74) is 0.362. The normalized spacial score (nSPS) is 10.9. The number of aliphatic hydroxyl groups is 1. The Morgan fingerprint density at radius 3 is 2.10 bits per heavy atom. The van der Waals surface area contributed by atoms with E-state index >= 15 is 0 Å². The molecule has 0 aliphatic rings. The van der Waals surface area contributed by atoms with Gasteiger partial charge in [-0.3, -0.25) is 0 Å². The zero-order valence-electron chi connectivity index (χ0n) is 11.6. The number of hydrogen-bond acceptors (Lipinski definition) is 2. The highest BCUT2D eigenvalue weighted by molar-refractivity contribution is 5.56. The summed E-state index contributed by atoms with van der Waals surface area (Å²) >= 11 is 0.